The lowest BCUT2D eigenvalue weighted by molar-refractivity contribution is 0.0697. The van der Waals surface area contributed by atoms with Crippen molar-refractivity contribution in [2.75, 3.05) is 0 Å². The fourth-order valence-electron chi connectivity index (χ4n) is 3.27. The Kier molecular flexibility index (Phi) is 7.04. The Bertz CT molecular complexity index is 1500. The second kappa shape index (κ2) is 10.3. The Labute approximate surface area is 195 Å². The van der Waals surface area contributed by atoms with E-state index in [0.717, 1.165) is 0 Å². The van der Waals surface area contributed by atoms with Gasteiger partial charge in [0.1, 0.15) is 0 Å². The van der Waals surface area contributed by atoms with Crippen LogP contribution >= 0.6 is 0 Å². The van der Waals surface area contributed by atoms with Crippen LogP contribution in [0.1, 0.15) is 27.2 Å². The number of carboxylic acids is 1. The number of nitrogens with one attached hydrogen (secondary N) is 1. The lowest BCUT2D eigenvalue weighted by atomic mass is 9.96. The number of carboxylic acid groups (broad SMARTS) is 1. The molecule has 8 heteroatoms. The van der Waals surface area contributed by atoms with Crippen LogP contribution in [0, 0.1) is 36.2 Å². The molecule has 0 spiro atoms. The summed E-state index contributed by atoms with van der Waals surface area (Å²) in [4.78, 5) is 27.2. The topological polar surface area (TPSA) is 127 Å². The molecule has 3 aromatic rings. The third-order valence-corrected chi connectivity index (χ3v) is 4.92. The molecule has 0 bridgehead atoms. The monoisotopic (exact) mass is 447 g/mol. The third-order valence-electron chi connectivity index (χ3n) is 4.92. The maximum Gasteiger partial charge on any atom is 0.335 e. The summed E-state index contributed by atoms with van der Waals surface area (Å²) in [6, 6.07) is 18.4. The van der Waals surface area contributed by atoms with Gasteiger partial charge in [-0.3, -0.25) is 9.89 Å². The number of aromatic amines is 1. The Morgan fingerprint density at radius 1 is 1.09 bits per heavy atom. The number of hydrogen-bond donors (Lipinski definition) is 2. The van der Waals surface area contributed by atoms with Crippen molar-refractivity contribution < 1.29 is 9.90 Å². The van der Waals surface area contributed by atoms with Crippen LogP contribution in [0.5, 0.6) is 0 Å². The van der Waals surface area contributed by atoms with Crippen LogP contribution in [-0.4, -0.2) is 20.9 Å². The zero-order chi connectivity index (χ0) is 24.7. The van der Waals surface area contributed by atoms with Gasteiger partial charge in [-0.2, -0.15) is 5.26 Å². The number of allylic oxidation sites excluding steroid dienone is 5. The number of hydrogen-bond acceptors (Lipinski definition) is 4. The Hall–Kier alpha value is -5.39. The molecule has 0 fully saturated rings. The van der Waals surface area contributed by atoms with E-state index >= 15 is 0 Å². The van der Waals surface area contributed by atoms with Gasteiger partial charge in [0.15, 0.2) is 0 Å². The predicted molar refractivity (Wildman–Crippen MR) is 126 cm³/mol. The van der Waals surface area contributed by atoms with Crippen LogP contribution in [0.25, 0.3) is 22.2 Å². The highest BCUT2D eigenvalue weighted by molar-refractivity contribution is 5.88. The van der Waals surface area contributed by atoms with Gasteiger partial charge in [0, 0.05) is 11.3 Å². The number of H-pyrrole nitrogens is 1. The molecule has 1 heterocycles. The minimum Gasteiger partial charge on any atom is -0.478 e. The largest absolute Gasteiger partial charge is 0.478 e. The number of carbonyl (C=O) groups is 1. The van der Waals surface area contributed by atoms with Gasteiger partial charge < -0.3 is 5.11 Å². The molecular weight excluding hydrogens is 430 g/mol. The van der Waals surface area contributed by atoms with Crippen molar-refractivity contribution in [2.45, 2.75) is 6.92 Å². The lowest BCUT2D eigenvalue weighted by Gasteiger charge is -2.06. The first-order valence-electron chi connectivity index (χ1n) is 9.92. The summed E-state index contributed by atoms with van der Waals surface area (Å²) >= 11 is 0. The van der Waals surface area contributed by atoms with Gasteiger partial charge in [-0.15, -0.1) is 0 Å². The van der Waals surface area contributed by atoms with Crippen LogP contribution in [-0.2, 0) is 0 Å². The number of nitriles is 2. The molecule has 0 amide bonds. The molecule has 8 nitrogen and oxygen atoms in total. The Morgan fingerprint density at radius 3 is 2.32 bits per heavy atom. The third kappa shape index (κ3) is 4.75. The van der Waals surface area contributed by atoms with Crippen LogP contribution in [0.4, 0.5) is 0 Å². The number of aryl methyl sites for hydroxylation is 1. The zero-order valence-electron chi connectivity index (χ0n) is 18.0. The van der Waals surface area contributed by atoms with Crippen molar-refractivity contribution in [1.82, 2.24) is 9.78 Å². The van der Waals surface area contributed by atoms with Crippen LogP contribution < -0.4 is 5.56 Å². The van der Waals surface area contributed by atoms with Crippen LogP contribution in [0.3, 0.4) is 0 Å². The fourth-order valence-corrected chi connectivity index (χ4v) is 3.27. The van der Waals surface area contributed by atoms with Gasteiger partial charge >= 0.3 is 5.97 Å². The number of aromatic nitrogens is 2. The molecule has 0 unspecified atom stereocenters. The molecule has 0 atom stereocenters. The number of aromatic carboxylic acids is 1. The number of rotatable bonds is 6. The van der Waals surface area contributed by atoms with Crippen molar-refractivity contribution in [3.8, 4) is 17.8 Å². The van der Waals surface area contributed by atoms with Gasteiger partial charge in [-0.25, -0.2) is 19.6 Å². The van der Waals surface area contributed by atoms with Gasteiger partial charge in [0.2, 0.25) is 0 Å². The van der Waals surface area contributed by atoms with Crippen molar-refractivity contribution in [1.29, 1.82) is 10.5 Å². The molecule has 0 aliphatic carbocycles. The standard InChI is InChI=1S/C26H17N5O3/c1-17-22(25(32)31(30-17)21-13-11-19(12-14-21)26(33)34)10-6-9-20(15-27)24(23(16-28)29-2)18-7-4-3-5-8-18/h3-14,30H,1H3,(H,33,34)/b10-6+,20-9+,24-23-. The molecular formula is C26H17N5O3. The fraction of sp³-hybridized carbons (Fsp3) is 0.0385. The van der Waals surface area contributed by atoms with Gasteiger partial charge in [0.25, 0.3) is 11.3 Å². The first-order chi connectivity index (χ1) is 16.4. The highest BCUT2D eigenvalue weighted by Crippen LogP contribution is 2.27. The summed E-state index contributed by atoms with van der Waals surface area (Å²) in [5.74, 6) is -1.06. The van der Waals surface area contributed by atoms with Crippen molar-refractivity contribution in [3.63, 3.8) is 0 Å². The van der Waals surface area contributed by atoms with E-state index in [1.165, 1.54) is 47.2 Å². The van der Waals surface area contributed by atoms with E-state index < -0.39 is 5.97 Å². The van der Waals surface area contributed by atoms with Gasteiger partial charge in [-0.05, 0) is 48.9 Å². The average molecular weight is 447 g/mol. The first kappa shape index (κ1) is 23.3. The van der Waals surface area contributed by atoms with Crippen molar-refractivity contribution in [3.05, 3.63) is 122 Å². The molecule has 0 aliphatic rings. The van der Waals surface area contributed by atoms with E-state index in [4.69, 9.17) is 11.7 Å². The van der Waals surface area contributed by atoms with E-state index in [2.05, 4.69) is 9.94 Å². The highest BCUT2D eigenvalue weighted by atomic mass is 16.4. The maximum absolute atomic E-state index is 12.9. The zero-order valence-corrected chi connectivity index (χ0v) is 18.0. The smallest absolute Gasteiger partial charge is 0.335 e. The molecule has 2 aromatic carbocycles. The summed E-state index contributed by atoms with van der Waals surface area (Å²) in [6.07, 6.45) is 4.48. The maximum atomic E-state index is 12.9. The normalized spacial score (nSPS) is 11.9. The van der Waals surface area contributed by atoms with E-state index in [0.29, 0.717) is 22.5 Å². The Morgan fingerprint density at radius 2 is 1.76 bits per heavy atom. The average Bonchev–Trinajstić information content (AvgIpc) is 3.14. The summed E-state index contributed by atoms with van der Waals surface area (Å²) in [5, 5.41) is 31.1. The second-order valence-electron chi connectivity index (χ2n) is 7.01. The van der Waals surface area contributed by atoms with E-state index in [1.807, 2.05) is 12.1 Å². The van der Waals surface area contributed by atoms with E-state index in [9.17, 15) is 20.1 Å². The molecule has 164 valence electrons. The van der Waals surface area contributed by atoms with Gasteiger partial charge in [0.05, 0.1) is 41.1 Å². The predicted octanol–water partition coefficient (Wildman–Crippen LogP) is 4.49. The first-order valence-corrected chi connectivity index (χ1v) is 9.92. The summed E-state index contributed by atoms with van der Waals surface area (Å²) in [5.41, 5.74) is 1.78. The molecule has 1 aromatic heterocycles. The SMILES string of the molecule is [C-]#[N+]\C(C#N)=C(/C(C#N)=C/C=C/c1c(C)[nH]n(-c2ccc(C(=O)O)cc2)c1=O)c1ccccc1. The van der Waals surface area contributed by atoms with Crippen LogP contribution in [0.2, 0.25) is 0 Å². The van der Waals surface area contributed by atoms with E-state index in [-0.39, 0.29) is 28.0 Å². The minimum absolute atomic E-state index is 0.104. The van der Waals surface area contributed by atoms with Crippen molar-refractivity contribution >= 4 is 17.6 Å². The minimum atomic E-state index is -1.06. The molecule has 3 rings (SSSR count). The summed E-state index contributed by atoms with van der Waals surface area (Å²) in [6.45, 7) is 9.01. The number of nitrogens with zero attached hydrogens (tertiary/aromatic N) is 4. The number of benzene rings is 2. The Balaban J connectivity index is 2.01. The molecule has 0 aliphatic heterocycles. The molecule has 34 heavy (non-hydrogen) atoms. The van der Waals surface area contributed by atoms with E-state index in [1.54, 1.807) is 37.3 Å². The highest BCUT2D eigenvalue weighted by Gasteiger charge is 2.14. The molecule has 0 saturated heterocycles. The second-order valence-corrected chi connectivity index (χ2v) is 7.01. The van der Waals surface area contributed by atoms with Crippen LogP contribution in [0.15, 0.2) is 82.8 Å². The molecule has 0 saturated carbocycles. The molecule has 0 radical (unpaired) electrons. The summed E-state index contributed by atoms with van der Waals surface area (Å²) in [7, 11) is 0. The lowest BCUT2D eigenvalue weighted by Crippen LogP contribution is -2.16. The quantitative estimate of drug-likeness (QED) is 0.327. The van der Waals surface area contributed by atoms with Crippen molar-refractivity contribution in [2.24, 2.45) is 0 Å². The van der Waals surface area contributed by atoms with Gasteiger partial charge in [-0.1, -0.05) is 36.4 Å². The summed E-state index contributed by atoms with van der Waals surface area (Å²) < 4.78 is 1.29. The molecule has 2 N–H and O–H groups in total.